The molecule has 0 aliphatic heterocycles. The van der Waals surface area contributed by atoms with Crippen molar-refractivity contribution in [1.29, 1.82) is 10.8 Å². The van der Waals surface area contributed by atoms with Crippen molar-refractivity contribution < 1.29 is 26.4 Å². The zero-order chi connectivity index (χ0) is 24.6. The van der Waals surface area contributed by atoms with Crippen LogP contribution in [0.5, 0.6) is 0 Å². The van der Waals surface area contributed by atoms with Crippen LogP contribution in [0.15, 0.2) is 64.8 Å². The Bertz CT molecular complexity index is 966. The van der Waals surface area contributed by atoms with E-state index in [0.717, 1.165) is 22.6 Å². The normalized spacial score (nSPS) is 19.2. The van der Waals surface area contributed by atoms with Gasteiger partial charge < -0.3 is 10.8 Å². The number of Topliss-reactive ketones (excluding diaryl/α,β-unsaturated/α-hetero) is 2. The summed E-state index contributed by atoms with van der Waals surface area (Å²) in [6.07, 6.45) is 8.36. The van der Waals surface area contributed by atoms with Crippen molar-refractivity contribution in [2.75, 3.05) is 0 Å². The van der Waals surface area contributed by atoms with Gasteiger partial charge in [-0.1, -0.05) is 55.4 Å². The Morgan fingerprint density at radius 3 is 1.36 bits per heavy atom. The maximum Gasteiger partial charge on any atom is 0.178 e. The SMILES string of the molecule is CC(=O)c1cccc(C(C)=O)n1.CC1=CC(C)C(=N)C(C)=C1.CC1=CC(C)C(=N)C(C)=C1.[Co]. The summed E-state index contributed by atoms with van der Waals surface area (Å²) >= 11 is 0. The molecular formula is C27H35CoN3O2. The number of hydrogen-bond donors (Lipinski definition) is 2. The zero-order valence-corrected chi connectivity index (χ0v) is 21.8. The Morgan fingerprint density at radius 1 is 0.758 bits per heavy atom. The van der Waals surface area contributed by atoms with Crippen molar-refractivity contribution in [3.05, 3.63) is 76.2 Å². The minimum atomic E-state index is -0.127. The van der Waals surface area contributed by atoms with Crippen LogP contribution in [-0.2, 0) is 16.8 Å². The van der Waals surface area contributed by atoms with E-state index in [9.17, 15) is 9.59 Å². The third-order valence-corrected chi connectivity index (χ3v) is 5.15. The van der Waals surface area contributed by atoms with Crippen LogP contribution < -0.4 is 0 Å². The van der Waals surface area contributed by atoms with E-state index < -0.39 is 0 Å². The summed E-state index contributed by atoms with van der Waals surface area (Å²) < 4.78 is 0. The van der Waals surface area contributed by atoms with Gasteiger partial charge in [-0.3, -0.25) is 9.59 Å². The molecule has 1 heterocycles. The molecule has 6 heteroatoms. The fourth-order valence-corrected chi connectivity index (χ4v) is 3.44. The maximum atomic E-state index is 10.8. The molecule has 2 atom stereocenters. The number of hydrogen-bond acceptors (Lipinski definition) is 5. The van der Waals surface area contributed by atoms with Gasteiger partial charge >= 0.3 is 0 Å². The second-order valence-electron chi connectivity index (χ2n) is 8.40. The van der Waals surface area contributed by atoms with Crippen molar-refractivity contribution in [3.63, 3.8) is 0 Å². The van der Waals surface area contributed by atoms with Crippen LogP contribution in [0.1, 0.15) is 76.4 Å². The van der Waals surface area contributed by atoms with Gasteiger partial charge in [0.1, 0.15) is 11.4 Å². The molecule has 1 radical (unpaired) electrons. The van der Waals surface area contributed by atoms with Gasteiger partial charge in [0, 0.05) is 53.9 Å². The smallest absolute Gasteiger partial charge is 0.178 e. The standard InChI is InChI=1S/C9H9NO2.2C9H13N.Co/c1-6(11)8-4-3-5-9(10-8)7(2)12;2*1-6-4-7(2)9(10)8(3)5-6;/h3-5H,1-2H3;2*4-5,7,10H,1-3H3;. The second-order valence-corrected chi connectivity index (χ2v) is 8.40. The van der Waals surface area contributed by atoms with Gasteiger partial charge in [-0.25, -0.2) is 4.98 Å². The first-order valence-corrected chi connectivity index (χ1v) is 10.7. The molecule has 2 aliphatic rings. The summed E-state index contributed by atoms with van der Waals surface area (Å²) in [6.45, 7) is 15.1. The average Bonchev–Trinajstić information content (AvgIpc) is 2.71. The summed E-state index contributed by atoms with van der Waals surface area (Å²) in [5.74, 6) is 0.367. The zero-order valence-electron chi connectivity index (χ0n) is 20.8. The Kier molecular flexibility index (Phi) is 12.6. The third-order valence-electron chi connectivity index (χ3n) is 5.15. The Morgan fingerprint density at radius 2 is 1.09 bits per heavy atom. The molecule has 5 nitrogen and oxygen atoms in total. The number of carbonyl (C=O) groups is 2. The summed E-state index contributed by atoms with van der Waals surface area (Å²) in [5.41, 5.74) is 6.95. The molecule has 0 saturated heterocycles. The number of nitrogens with one attached hydrogen (secondary N) is 2. The van der Waals surface area contributed by atoms with Crippen LogP contribution >= 0.6 is 0 Å². The molecule has 1 aromatic heterocycles. The van der Waals surface area contributed by atoms with Crippen LogP contribution in [-0.4, -0.2) is 28.0 Å². The van der Waals surface area contributed by atoms with Gasteiger partial charge in [-0.2, -0.15) is 0 Å². The first kappa shape index (κ1) is 30.3. The molecule has 0 fully saturated rings. The van der Waals surface area contributed by atoms with E-state index in [1.807, 2.05) is 13.8 Å². The average molecular weight is 493 g/mol. The van der Waals surface area contributed by atoms with Crippen molar-refractivity contribution in [2.24, 2.45) is 11.8 Å². The topological polar surface area (TPSA) is 94.7 Å². The fourth-order valence-electron chi connectivity index (χ4n) is 3.44. The van der Waals surface area contributed by atoms with Crippen molar-refractivity contribution in [2.45, 2.75) is 55.4 Å². The molecule has 0 amide bonds. The Balaban J connectivity index is 0.000000461. The third kappa shape index (κ3) is 9.76. The van der Waals surface area contributed by atoms with Gasteiger partial charge in [0.05, 0.1) is 0 Å². The van der Waals surface area contributed by atoms with Crippen molar-refractivity contribution >= 4 is 23.0 Å². The minimum Gasteiger partial charge on any atom is -0.304 e. The first-order valence-electron chi connectivity index (χ1n) is 10.7. The summed E-state index contributed by atoms with van der Waals surface area (Å²) in [6, 6.07) is 4.84. The van der Waals surface area contributed by atoms with Crippen LogP contribution in [0.4, 0.5) is 0 Å². The van der Waals surface area contributed by atoms with E-state index in [2.05, 4.69) is 57.0 Å². The van der Waals surface area contributed by atoms with Gasteiger partial charge in [0.2, 0.25) is 0 Å². The van der Waals surface area contributed by atoms with Crippen LogP contribution in [0.25, 0.3) is 0 Å². The summed E-state index contributed by atoms with van der Waals surface area (Å²) in [7, 11) is 0. The first-order chi connectivity index (χ1) is 14.8. The van der Waals surface area contributed by atoms with E-state index in [0.29, 0.717) is 23.2 Å². The molecule has 0 saturated carbocycles. The van der Waals surface area contributed by atoms with Crippen LogP contribution in [0, 0.1) is 22.7 Å². The predicted octanol–water partition coefficient (Wildman–Crippen LogP) is 6.58. The van der Waals surface area contributed by atoms with E-state index in [1.165, 1.54) is 25.0 Å². The largest absolute Gasteiger partial charge is 0.304 e. The molecule has 0 spiro atoms. The van der Waals surface area contributed by atoms with Crippen molar-refractivity contribution in [3.8, 4) is 0 Å². The van der Waals surface area contributed by atoms with Gasteiger partial charge in [0.15, 0.2) is 11.6 Å². The van der Waals surface area contributed by atoms with Crippen LogP contribution in [0.2, 0.25) is 0 Å². The van der Waals surface area contributed by atoms with E-state index in [4.69, 9.17) is 10.8 Å². The molecule has 1 aromatic rings. The number of pyridine rings is 1. The number of nitrogens with zero attached hydrogens (tertiary/aromatic N) is 1. The van der Waals surface area contributed by atoms with E-state index in [1.54, 1.807) is 18.2 Å². The number of aromatic nitrogens is 1. The molecule has 3 rings (SSSR count). The number of rotatable bonds is 2. The number of allylic oxidation sites excluding steroid dienone is 8. The predicted molar refractivity (Wildman–Crippen MR) is 133 cm³/mol. The second kappa shape index (κ2) is 13.8. The summed E-state index contributed by atoms with van der Waals surface area (Å²) in [4.78, 5) is 25.6. The van der Waals surface area contributed by atoms with Gasteiger partial charge in [0.25, 0.3) is 0 Å². The maximum absolute atomic E-state index is 10.8. The monoisotopic (exact) mass is 492 g/mol. The molecule has 179 valence electrons. The molecule has 33 heavy (non-hydrogen) atoms. The fraction of sp³-hybridized carbons (Fsp3) is 0.370. The molecule has 2 N–H and O–H groups in total. The van der Waals surface area contributed by atoms with E-state index >= 15 is 0 Å². The molecule has 2 unspecified atom stereocenters. The summed E-state index contributed by atoms with van der Waals surface area (Å²) in [5, 5.41) is 15.2. The van der Waals surface area contributed by atoms with Crippen LogP contribution in [0.3, 0.4) is 0 Å². The molecule has 2 aliphatic carbocycles. The van der Waals surface area contributed by atoms with Gasteiger partial charge in [-0.05, 0) is 51.0 Å². The Labute approximate surface area is 208 Å². The quantitative estimate of drug-likeness (QED) is 0.457. The number of ketones is 2. The molecule has 0 aromatic carbocycles. The van der Waals surface area contributed by atoms with Gasteiger partial charge in [-0.15, -0.1) is 0 Å². The van der Waals surface area contributed by atoms with E-state index in [-0.39, 0.29) is 28.3 Å². The Hall–Kier alpha value is -2.70. The number of carbonyl (C=O) groups excluding carboxylic acids is 2. The molecule has 0 bridgehead atoms. The van der Waals surface area contributed by atoms with Crippen molar-refractivity contribution in [1.82, 2.24) is 4.98 Å². The minimum absolute atomic E-state index is 0. The molecular weight excluding hydrogens is 457 g/mol.